The first-order valence-electron chi connectivity index (χ1n) is 6.78. The van der Waals surface area contributed by atoms with E-state index in [4.69, 9.17) is 4.74 Å². The van der Waals surface area contributed by atoms with Gasteiger partial charge in [-0.2, -0.15) is 0 Å². The maximum atomic E-state index is 10.0. The molecule has 0 spiro atoms. The summed E-state index contributed by atoms with van der Waals surface area (Å²) in [7, 11) is 0. The molecule has 0 aliphatic heterocycles. The minimum absolute atomic E-state index is 0.634. The molecule has 0 radical (unpaired) electrons. The van der Waals surface area contributed by atoms with Crippen LogP contribution < -0.4 is 5.48 Å². The fourth-order valence-electron chi connectivity index (χ4n) is 1.66. The summed E-state index contributed by atoms with van der Waals surface area (Å²) in [6.45, 7) is 6.81. The van der Waals surface area contributed by atoms with Crippen molar-refractivity contribution in [3.8, 4) is 0 Å². The largest absolute Gasteiger partial charge is 0.636 e. The van der Waals surface area contributed by atoms with E-state index in [1.165, 1.54) is 38.5 Å². The minimum Gasteiger partial charge on any atom is -0.636 e. The van der Waals surface area contributed by atoms with Crippen LogP contribution in [0.15, 0.2) is 0 Å². The molecule has 0 unspecified atom stereocenters. The molecular weight excluding hydrogens is 202 g/mol. The van der Waals surface area contributed by atoms with E-state index in [1.807, 2.05) is 0 Å². The SMILES string of the molecule is CC(C)CCCCCCCOCCC[NH2+][O-]. The molecule has 0 atom stereocenters. The average molecular weight is 231 g/mol. The highest BCUT2D eigenvalue weighted by atomic mass is 16.5. The second-order valence-electron chi connectivity index (χ2n) is 4.87. The maximum absolute atomic E-state index is 10.0. The Morgan fingerprint density at radius 1 is 0.938 bits per heavy atom. The van der Waals surface area contributed by atoms with Crippen LogP contribution in [0.3, 0.4) is 0 Å². The van der Waals surface area contributed by atoms with Crippen LogP contribution in [0.25, 0.3) is 0 Å². The first-order chi connectivity index (χ1) is 7.77. The van der Waals surface area contributed by atoms with E-state index in [1.54, 1.807) is 0 Å². The van der Waals surface area contributed by atoms with Crippen molar-refractivity contribution in [2.45, 2.75) is 58.8 Å². The summed E-state index contributed by atoms with van der Waals surface area (Å²) in [5.41, 5.74) is 0.956. The lowest BCUT2D eigenvalue weighted by Crippen LogP contribution is -2.77. The molecule has 0 saturated carbocycles. The molecule has 0 heterocycles. The zero-order valence-electron chi connectivity index (χ0n) is 11.0. The summed E-state index contributed by atoms with van der Waals surface area (Å²) in [4.78, 5) is 0. The van der Waals surface area contributed by atoms with Gasteiger partial charge in [-0.25, -0.2) is 0 Å². The number of hydrogen-bond acceptors (Lipinski definition) is 2. The van der Waals surface area contributed by atoms with E-state index >= 15 is 0 Å². The molecule has 0 aliphatic carbocycles. The molecule has 16 heavy (non-hydrogen) atoms. The summed E-state index contributed by atoms with van der Waals surface area (Å²) in [5.74, 6) is 0.848. The smallest absolute Gasteiger partial charge is 0.0774 e. The van der Waals surface area contributed by atoms with E-state index in [9.17, 15) is 5.21 Å². The lowest BCUT2D eigenvalue weighted by molar-refractivity contribution is -0.589. The van der Waals surface area contributed by atoms with Gasteiger partial charge in [0.25, 0.3) is 0 Å². The standard InChI is InChI=1S/C13H29NO2/c1-13(2)9-6-4-3-5-7-11-16-12-8-10-14-15/h13H,3-12,14H2,1-2H3. The third-order valence-corrected chi connectivity index (χ3v) is 2.68. The predicted octanol–water partition coefficient (Wildman–Crippen LogP) is 2.45. The lowest BCUT2D eigenvalue weighted by atomic mass is 10.0. The third kappa shape index (κ3) is 13.9. The predicted molar refractivity (Wildman–Crippen MR) is 68.1 cm³/mol. The van der Waals surface area contributed by atoms with E-state index in [-0.39, 0.29) is 0 Å². The van der Waals surface area contributed by atoms with Crippen molar-refractivity contribution in [2.24, 2.45) is 5.92 Å². The summed E-state index contributed by atoms with van der Waals surface area (Å²) in [5, 5.41) is 10.0. The Labute approximate surface area is 101 Å². The van der Waals surface area contributed by atoms with Gasteiger partial charge in [0.2, 0.25) is 0 Å². The molecular formula is C13H29NO2. The van der Waals surface area contributed by atoms with Crippen molar-refractivity contribution in [3.63, 3.8) is 0 Å². The molecule has 0 aromatic heterocycles. The lowest BCUT2D eigenvalue weighted by Gasteiger charge is -2.05. The van der Waals surface area contributed by atoms with Gasteiger partial charge < -0.3 is 15.4 Å². The summed E-state index contributed by atoms with van der Waals surface area (Å²) >= 11 is 0. The van der Waals surface area contributed by atoms with Crippen molar-refractivity contribution < 1.29 is 10.2 Å². The number of nitrogens with two attached hydrogens (primary N) is 1. The van der Waals surface area contributed by atoms with E-state index < -0.39 is 0 Å². The summed E-state index contributed by atoms with van der Waals surface area (Å²) in [6.07, 6.45) is 8.76. The quantitative estimate of drug-likeness (QED) is 0.414. The molecule has 0 aliphatic rings. The van der Waals surface area contributed by atoms with Crippen LogP contribution in [0.1, 0.15) is 58.8 Å². The summed E-state index contributed by atoms with van der Waals surface area (Å²) in [6, 6.07) is 0. The Balaban J connectivity index is 2.88. The zero-order valence-corrected chi connectivity index (χ0v) is 11.0. The molecule has 0 bridgehead atoms. The molecule has 0 aromatic carbocycles. The molecule has 0 fully saturated rings. The van der Waals surface area contributed by atoms with Gasteiger partial charge in [-0.3, -0.25) is 0 Å². The van der Waals surface area contributed by atoms with Gasteiger partial charge in [-0.05, 0) is 12.3 Å². The van der Waals surface area contributed by atoms with Gasteiger partial charge in [0.1, 0.15) is 0 Å². The number of rotatable bonds is 12. The second kappa shape index (κ2) is 12.9. The van der Waals surface area contributed by atoms with Crippen LogP contribution in [0.5, 0.6) is 0 Å². The number of ether oxygens (including phenoxy) is 1. The van der Waals surface area contributed by atoms with Crippen LogP contribution in [0, 0.1) is 11.1 Å². The molecule has 3 nitrogen and oxygen atoms in total. The molecule has 0 amide bonds. The monoisotopic (exact) mass is 231 g/mol. The minimum atomic E-state index is 0.634. The first kappa shape index (κ1) is 15.9. The van der Waals surface area contributed by atoms with Crippen molar-refractivity contribution in [3.05, 3.63) is 5.21 Å². The fourth-order valence-corrected chi connectivity index (χ4v) is 1.66. The van der Waals surface area contributed by atoms with Crippen molar-refractivity contribution in [1.82, 2.24) is 0 Å². The maximum Gasteiger partial charge on any atom is 0.0774 e. The van der Waals surface area contributed by atoms with Crippen LogP contribution in [0.4, 0.5) is 0 Å². The van der Waals surface area contributed by atoms with Crippen molar-refractivity contribution in [2.75, 3.05) is 19.8 Å². The molecule has 0 aromatic rings. The Hall–Kier alpha value is -0.120. The van der Waals surface area contributed by atoms with Gasteiger partial charge in [-0.15, -0.1) is 0 Å². The molecule has 2 N–H and O–H groups in total. The van der Waals surface area contributed by atoms with Crippen molar-refractivity contribution in [1.29, 1.82) is 0 Å². The third-order valence-electron chi connectivity index (χ3n) is 2.68. The molecule has 98 valence electrons. The molecule has 0 rings (SSSR count). The Bertz CT molecular complexity index is 129. The Morgan fingerprint density at radius 3 is 2.25 bits per heavy atom. The second-order valence-corrected chi connectivity index (χ2v) is 4.87. The van der Waals surface area contributed by atoms with E-state index in [0.717, 1.165) is 31.0 Å². The Kier molecular flexibility index (Phi) is 12.9. The normalized spacial score (nSPS) is 11.2. The summed E-state index contributed by atoms with van der Waals surface area (Å²) < 4.78 is 5.42. The highest BCUT2D eigenvalue weighted by molar-refractivity contribution is 4.48. The zero-order chi connectivity index (χ0) is 12.1. The van der Waals surface area contributed by atoms with Gasteiger partial charge in [0.05, 0.1) is 13.2 Å². The number of hydrogen-bond donors (Lipinski definition) is 1. The van der Waals surface area contributed by atoms with E-state index in [2.05, 4.69) is 13.8 Å². The van der Waals surface area contributed by atoms with Crippen molar-refractivity contribution >= 4 is 0 Å². The van der Waals surface area contributed by atoms with E-state index in [0.29, 0.717) is 6.54 Å². The van der Waals surface area contributed by atoms with Gasteiger partial charge >= 0.3 is 0 Å². The van der Waals surface area contributed by atoms with Crippen LogP contribution in [0.2, 0.25) is 0 Å². The van der Waals surface area contributed by atoms with Gasteiger partial charge in [0.15, 0.2) is 0 Å². The topological polar surface area (TPSA) is 48.9 Å². The van der Waals surface area contributed by atoms with Crippen LogP contribution >= 0.6 is 0 Å². The Morgan fingerprint density at radius 2 is 1.56 bits per heavy atom. The average Bonchev–Trinajstić information content (AvgIpc) is 2.25. The van der Waals surface area contributed by atoms with Gasteiger partial charge in [0, 0.05) is 13.0 Å². The first-order valence-corrected chi connectivity index (χ1v) is 6.78. The van der Waals surface area contributed by atoms with Gasteiger partial charge in [-0.1, -0.05) is 46.0 Å². The number of hydroxylamine groups is 1. The molecule has 3 heteroatoms. The molecule has 0 saturated heterocycles. The number of unbranched alkanes of at least 4 members (excludes halogenated alkanes) is 4. The highest BCUT2D eigenvalue weighted by Crippen LogP contribution is 2.10. The highest BCUT2D eigenvalue weighted by Gasteiger charge is 1.95. The number of quaternary nitrogens is 1. The van der Waals surface area contributed by atoms with Crippen LogP contribution in [-0.4, -0.2) is 19.8 Å². The van der Waals surface area contributed by atoms with Crippen LogP contribution in [-0.2, 0) is 4.74 Å². The fraction of sp³-hybridized carbons (Fsp3) is 1.00.